The van der Waals surface area contributed by atoms with E-state index in [1.54, 1.807) is 13.2 Å². The van der Waals surface area contributed by atoms with Gasteiger partial charge in [0.2, 0.25) is 0 Å². The Morgan fingerprint density at radius 2 is 1.90 bits per heavy atom. The number of benzene rings is 1. The number of carboxylic acids is 1. The Bertz CT molecular complexity index is 516. The molecule has 1 aliphatic rings. The van der Waals surface area contributed by atoms with Gasteiger partial charge in [-0.1, -0.05) is 25.3 Å². The third-order valence-electron chi connectivity index (χ3n) is 4.17. The Kier molecular flexibility index (Phi) is 5.37. The number of ketones is 1. The molecule has 0 heterocycles. The number of carbonyl (C=O) groups is 2. The number of hydrogen-bond acceptors (Lipinski definition) is 3. The third kappa shape index (κ3) is 4.06. The molecule has 1 aromatic carbocycles. The van der Waals surface area contributed by atoms with Crippen LogP contribution in [0.2, 0.25) is 0 Å². The summed E-state index contributed by atoms with van der Waals surface area (Å²) in [6.45, 7) is 0. The maximum absolute atomic E-state index is 12.1. The van der Waals surface area contributed by atoms with Crippen LogP contribution in [0.25, 0.3) is 0 Å². The maximum atomic E-state index is 12.1. The molecule has 4 heteroatoms. The first-order chi connectivity index (χ1) is 10.1. The summed E-state index contributed by atoms with van der Waals surface area (Å²) in [6, 6.07) is 5.73. The van der Waals surface area contributed by atoms with Crippen LogP contribution in [0.4, 0.5) is 0 Å². The molecule has 4 nitrogen and oxygen atoms in total. The minimum absolute atomic E-state index is 0.00840. The lowest BCUT2D eigenvalue weighted by atomic mass is 9.83. The molecule has 1 aliphatic carbocycles. The van der Waals surface area contributed by atoms with E-state index >= 15 is 0 Å². The van der Waals surface area contributed by atoms with E-state index in [1.165, 1.54) is 37.7 Å². The van der Waals surface area contributed by atoms with E-state index in [9.17, 15) is 9.59 Å². The van der Waals surface area contributed by atoms with E-state index in [-0.39, 0.29) is 18.6 Å². The lowest BCUT2D eigenvalue weighted by molar-refractivity contribution is -0.136. The summed E-state index contributed by atoms with van der Waals surface area (Å²) in [5, 5.41) is 8.67. The second kappa shape index (κ2) is 7.25. The standard InChI is InChI=1S/C17H22O4/c1-21-16-11-13(12-5-3-2-4-6-12)7-8-14(16)15(18)9-10-17(19)20/h7-8,11-12H,2-6,9-10H2,1H3,(H,19,20). The lowest BCUT2D eigenvalue weighted by Gasteiger charge is -2.22. The van der Waals surface area contributed by atoms with Crippen LogP contribution >= 0.6 is 0 Å². The Labute approximate surface area is 125 Å². The highest BCUT2D eigenvalue weighted by Crippen LogP contribution is 2.35. The minimum Gasteiger partial charge on any atom is -0.496 e. The molecule has 114 valence electrons. The molecule has 0 atom stereocenters. The predicted octanol–water partition coefficient (Wildman–Crippen LogP) is 3.79. The molecule has 0 unspecified atom stereocenters. The first-order valence-electron chi connectivity index (χ1n) is 7.54. The Hall–Kier alpha value is -1.84. The number of carbonyl (C=O) groups excluding carboxylic acids is 1. The van der Waals surface area contributed by atoms with E-state index in [4.69, 9.17) is 9.84 Å². The molecule has 0 bridgehead atoms. The predicted molar refractivity (Wildman–Crippen MR) is 80.0 cm³/mol. The summed E-state index contributed by atoms with van der Waals surface area (Å²) >= 11 is 0. The Balaban J connectivity index is 2.15. The molecule has 1 fully saturated rings. The van der Waals surface area contributed by atoms with Gasteiger partial charge in [0.15, 0.2) is 5.78 Å². The summed E-state index contributed by atoms with van der Waals surface area (Å²) in [4.78, 5) is 22.6. The van der Waals surface area contributed by atoms with Crippen LogP contribution in [-0.2, 0) is 4.79 Å². The molecule has 0 spiro atoms. The number of ether oxygens (including phenoxy) is 1. The average molecular weight is 290 g/mol. The Morgan fingerprint density at radius 3 is 2.52 bits per heavy atom. The number of rotatable bonds is 6. The van der Waals surface area contributed by atoms with Crippen LogP contribution in [0, 0.1) is 0 Å². The van der Waals surface area contributed by atoms with E-state index in [0.29, 0.717) is 17.2 Å². The normalized spacial score (nSPS) is 15.7. The fourth-order valence-corrected chi connectivity index (χ4v) is 2.98. The molecule has 2 rings (SSSR count). The van der Waals surface area contributed by atoms with Crippen molar-refractivity contribution in [2.45, 2.75) is 50.9 Å². The van der Waals surface area contributed by atoms with Gasteiger partial charge in [0, 0.05) is 6.42 Å². The summed E-state index contributed by atoms with van der Waals surface area (Å²) in [6.07, 6.45) is 6.06. The van der Waals surface area contributed by atoms with Gasteiger partial charge in [-0.05, 0) is 36.5 Å². The van der Waals surface area contributed by atoms with Gasteiger partial charge in [0.25, 0.3) is 0 Å². The van der Waals surface area contributed by atoms with Crippen LogP contribution in [-0.4, -0.2) is 24.0 Å². The first kappa shape index (κ1) is 15.5. The number of Topliss-reactive ketones (excluding diaryl/α,β-unsaturated/α-hetero) is 1. The zero-order chi connectivity index (χ0) is 15.2. The molecule has 0 aromatic heterocycles. The van der Waals surface area contributed by atoms with Crippen LogP contribution in [0.1, 0.15) is 66.8 Å². The van der Waals surface area contributed by atoms with E-state index in [1.807, 2.05) is 12.1 Å². The fraction of sp³-hybridized carbons (Fsp3) is 0.529. The van der Waals surface area contributed by atoms with E-state index in [2.05, 4.69) is 0 Å². The van der Waals surface area contributed by atoms with Crippen molar-refractivity contribution in [3.05, 3.63) is 29.3 Å². The lowest BCUT2D eigenvalue weighted by Crippen LogP contribution is -2.08. The largest absolute Gasteiger partial charge is 0.496 e. The van der Waals surface area contributed by atoms with Crippen molar-refractivity contribution in [3.8, 4) is 5.75 Å². The molecule has 1 saturated carbocycles. The van der Waals surface area contributed by atoms with Gasteiger partial charge in [-0.25, -0.2) is 0 Å². The fourth-order valence-electron chi connectivity index (χ4n) is 2.98. The van der Waals surface area contributed by atoms with Crippen LogP contribution in [0.5, 0.6) is 5.75 Å². The van der Waals surface area contributed by atoms with Crippen LogP contribution in [0.15, 0.2) is 18.2 Å². The second-order valence-corrected chi connectivity index (χ2v) is 5.61. The second-order valence-electron chi connectivity index (χ2n) is 5.61. The summed E-state index contributed by atoms with van der Waals surface area (Å²) in [5.41, 5.74) is 1.71. The highest BCUT2D eigenvalue weighted by atomic mass is 16.5. The maximum Gasteiger partial charge on any atom is 0.303 e. The van der Waals surface area contributed by atoms with Gasteiger partial charge < -0.3 is 9.84 Å². The molecular weight excluding hydrogens is 268 g/mol. The Morgan fingerprint density at radius 1 is 1.19 bits per heavy atom. The van der Waals surface area contributed by atoms with Crippen molar-refractivity contribution in [1.29, 1.82) is 0 Å². The minimum atomic E-state index is -0.957. The highest BCUT2D eigenvalue weighted by molar-refractivity contribution is 5.99. The van der Waals surface area contributed by atoms with Gasteiger partial charge in [-0.2, -0.15) is 0 Å². The van der Waals surface area contributed by atoms with Gasteiger partial charge in [0.1, 0.15) is 5.75 Å². The molecule has 1 aromatic rings. The third-order valence-corrected chi connectivity index (χ3v) is 4.17. The zero-order valence-corrected chi connectivity index (χ0v) is 12.4. The molecule has 1 N–H and O–H groups in total. The monoisotopic (exact) mass is 290 g/mol. The van der Waals surface area contributed by atoms with Crippen molar-refractivity contribution in [2.24, 2.45) is 0 Å². The number of hydrogen-bond donors (Lipinski definition) is 1. The quantitative estimate of drug-likeness (QED) is 0.810. The molecule has 0 saturated heterocycles. The molecule has 0 aliphatic heterocycles. The highest BCUT2D eigenvalue weighted by Gasteiger charge is 2.19. The zero-order valence-electron chi connectivity index (χ0n) is 12.4. The molecule has 0 amide bonds. The van der Waals surface area contributed by atoms with Gasteiger partial charge in [-0.15, -0.1) is 0 Å². The van der Waals surface area contributed by atoms with Crippen LogP contribution in [0.3, 0.4) is 0 Å². The number of aliphatic carboxylic acids is 1. The van der Waals surface area contributed by atoms with Crippen molar-refractivity contribution in [2.75, 3.05) is 7.11 Å². The van der Waals surface area contributed by atoms with Gasteiger partial charge >= 0.3 is 5.97 Å². The van der Waals surface area contributed by atoms with Gasteiger partial charge in [-0.3, -0.25) is 9.59 Å². The SMILES string of the molecule is COc1cc(C2CCCCC2)ccc1C(=O)CCC(=O)O. The molecule has 21 heavy (non-hydrogen) atoms. The van der Waals surface area contributed by atoms with E-state index in [0.717, 1.165) is 0 Å². The molecular formula is C17H22O4. The topological polar surface area (TPSA) is 63.6 Å². The smallest absolute Gasteiger partial charge is 0.303 e. The summed E-state index contributed by atoms with van der Waals surface area (Å²) in [5.74, 6) is -0.0186. The van der Waals surface area contributed by atoms with Gasteiger partial charge in [0.05, 0.1) is 19.1 Å². The summed E-state index contributed by atoms with van der Waals surface area (Å²) in [7, 11) is 1.55. The number of carboxylic acid groups (broad SMARTS) is 1. The van der Waals surface area contributed by atoms with Crippen LogP contribution < -0.4 is 4.74 Å². The summed E-state index contributed by atoms with van der Waals surface area (Å²) < 4.78 is 5.34. The van der Waals surface area contributed by atoms with Crippen molar-refractivity contribution >= 4 is 11.8 Å². The van der Waals surface area contributed by atoms with E-state index < -0.39 is 5.97 Å². The molecule has 0 radical (unpaired) electrons. The average Bonchev–Trinajstić information content (AvgIpc) is 2.52. The van der Waals surface area contributed by atoms with Crippen molar-refractivity contribution in [3.63, 3.8) is 0 Å². The van der Waals surface area contributed by atoms with Crippen molar-refractivity contribution < 1.29 is 19.4 Å². The number of methoxy groups -OCH3 is 1. The first-order valence-corrected chi connectivity index (χ1v) is 7.54. The van der Waals surface area contributed by atoms with Crippen molar-refractivity contribution in [1.82, 2.24) is 0 Å².